The molecule has 2 N–H and O–H groups in total. The fourth-order valence-corrected chi connectivity index (χ4v) is 2.10. The summed E-state index contributed by atoms with van der Waals surface area (Å²) in [5, 5.41) is 18.5. The van der Waals surface area contributed by atoms with E-state index in [-0.39, 0.29) is 12.2 Å². The average Bonchev–Trinajstić information content (AvgIpc) is 2.81. The summed E-state index contributed by atoms with van der Waals surface area (Å²) in [6.07, 6.45) is 1.27. The fourth-order valence-electron chi connectivity index (χ4n) is 1.40. The largest absolute Gasteiger partial charge is 0.480 e. The van der Waals surface area contributed by atoms with E-state index < -0.39 is 11.9 Å². The van der Waals surface area contributed by atoms with Crippen molar-refractivity contribution < 1.29 is 14.7 Å². The number of rotatable bonds is 4. The molecular formula is C11H8Br2N4O3. The van der Waals surface area contributed by atoms with Crippen LogP contribution in [0.25, 0.3) is 0 Å². The van der Waals surface area contributed by atoms with Crippen LogP contribution in [0.3, 0.4) is 0 Å². The van der Waals surface area contributed by atoms with Crippen molar-refractivity contribution >= 4 is 49.4 Å². The first-order valence-corrected chi connectivity index (χ1v) is 6.92. The number of aromatic nitrogens is 3. The first kappa shape index (κ1) is 14.7. The van der Waals surface area contributed by atoms with E-state index in [1.54, 1.807) is 12.1 Å². The molecule has 0 aliphatic carbocycles. The van der Waals surface area contributed by atoms with Gasteiger partial charge in [-0.05, 0) is 34.1 Å². The summed E-state index contributed by atoms with van der Waals surface area (Å²) in [5.74, 6) is -1.53. The second-order valence-electron chi connectivity index (χ2n) is 3.77. The average molecular weight is 404 g/mol. The second-order valence-corrected chi connectivity index (χ2v) is 5.54. The number of aliphatic carboxylic acids is 1. The van der Waals surface area contributed by atoms with E-state index in [9.17, 15) is 9.59 Å². The van der Waals surface area contributed by atoms with Crippen molar-refractivity contribution in [2.24, 2.45) is 0 Å². The number of carboxylic acids is 1. The number of carbonyl (C=O) groups is 2. The third-order valence-electron chi connectivity index (χ3n) is 2.25. The highest BCUT2D eigenvalue weighted by Gasteiger charge is 2.13. The number of halogens is 2. The molecule has 2 rings (SSSR count). The van der Waals surface area contributed by atoms with Crippen molar-refractivity contribution in [3.05, 3.63) is 39.0 Å². The third kappa shape index (κ3) is 3.64. The maximum Gasteiger partial charge on any atom is 0.325 e. The van der Waals surface area contributed by atoms with Gasteiger partial charge in [-0.2, -0.15) is 0 Å². The number of nitrogens with one attached hydrogen (secondary N) is 1. The van der Waals surface area contributed by atoms with Gasteiger partial charge in [0.25, 0.3) is 5.91 Å². The van der Waals surface area contributed by atoms with E-state index in [0.29, 0.717) is 10.2 Å². The van der Waals surface area contributed by atoms with Gasteiger partial charge >= 0.3 is 5.97 Å². The van der Waals surface area contributed by atoms with Crippen molar-refractivity contribution in [3.8, 4) is 0 Å². The Hall–Kier alpha value is -1.74. The van der Waals surface area contributed by atoms with Gasteiger partial charge in [-0.15, -0.1) is 5.10 Å². The van der Waals surface area contributed by atoms with Crippen LogP contribution in [0.4, 0.5) is 5.69 Å². The zero-order valence-corrected chi connectivity index (χ0v) is 13.0. The number of benzene rings is 1. The summed E-state index contributed by atoms with van der Waals surface area (Å²) >= 11 is 6.62. The Kier molecular flexibility index (Phi) is 4.50. The maximum atomic E-state index is 12.0. The lowest BCUT2D eigenvalue weighted by atomic mass is 10.3. The molecule has 0 unspecified atom stereocenters. The number of anilines is 1. The molecule has 0 aliphatic rings. The second kappa shape index (κ2) is 6.14. The van der Waals surface area contributed by atoms with Crippen LogP contribution in [0.5, 0.6) is 0 Å². The maximum absolute atomic E-state index is 12.0. The first-order valence-electron chi connectivity index (χ1n) is 5.34. The van der Waals surface area contributed by atoms with Crippen molar-refractivity contribution in [1.82, 2.24) is 15.0 Å². The van der Waals surface area contributed by atoms with Crippen LogP contribution in [0.15, 0.2) is 33.3 Å². The minimum Gasteiger partial charge on any atom is -0.480 e. The van der Waals surface area contributed by atoms with Gasteiger partial charge in [-0.25, -0.2) is 4.68 Å². The predicted molar refractivity (Wildman–Crippen MR) is 77.5 cm³/mol. The van der Waals surface area contributed by atoms with Crippen molar-refractivity contribution in [1.29, 1.82) is 0 Å². The number of hydrogen-bond acceptors (Lipinski definition) is 4. The molecule has 1 aromatic heterocycles. The Morgan fingerprint density at radius 1 is 1.35 bits per heavy atom. The minimum atomic E-state index is -1.06. The Morgan fingerprint density at radius 2 is 2.10 bits per heavy atom. The van der Waals surface area contributed by atoms with E-state index >= 15 is 0 Å². The third-order valence-corrected chi connectivity index (χ3v) is 3.43. The van der Waals surface area contributed by atoms with Crippen molar-refractivity contribution in [3.63, 3.8) is 0 Å². The standard InChI is InChI=1S/C11H8Br2N4O3/c12-6-1-2-7(13)8(3-6)14-11(20)9-4-17(16-15-9)5-10(18)19/h1-4H,5H2,(H,14,20)(H,18,19). The van der Waals surface area contributed by atoms with Crippen LogP contribution in [0.1, 0.15) is 10.5 Å². The van der Waals surface area contributed by atoms with E-state index in [1.807, 2.05) is 6.07 Å². The Bertz CT molecular complexity index is 671. The number of carboxylic acid groups (broad SMARTS) is 1. The molecule has 0 atom stereocenters. The molecule has 1 heterocycles. The quantitative estimate of drug-likeness (QED) is 0.814. The van der Waals surface area contributed by atoms with Crippen LogP contribution >= 0.6 is 31.9 Å². The minimum absolute atomic E-state index is 0.0399. The zero-order chi connectivity index (χ0) is 14.7. The van der Waals surface area contributed by atoms with Gasteiger partial charge in [-0.3, -0.25) is 9.59 Å². The molecule has 1 aromatic carbocycles. The number of nitrogens with zero attached hydrogens (tertiary/aromatic N) is 3. The molecule has 1 amide bonds. The van der Waals surface area contributed by atoms with E-state index in [2.05, 4.69) is 47.5 Å². The normalized spacial score (nSPS) is 10.3. The highest BCUT2D eigenvalue weighted by molar-refractivity contribution is 9.11. The van der Waals surface area contributed by atoms with Crippen LogP contribution in [0, 0.1) is 0 Å². The summed E-state index contributed by atoms with van der Waals surface area (Å²) in [6.45, 7) is -0.346. The number of amides is 1. The first-order chi connectivity index (χ1) is 9.45. The highest BCUT2D eigenvalue weighted by Crippen LogP contribution is 2.26. The van der Waals surface area contributed by atoms with Crippen LogP contribution in [-0.4, -0.2) is 32.0 Å². The molecule has 0 fully saturated rings. The van der Waals surface area contributed by atoms with Gasteiger partial charge in [-0.1, -0.05) is 21.1 Å². The summed E-state index contributed by atoms with van der Waals surface area (Å²) in [5.41, 5.74) is 0.607. The molecule has 104 valence electrons. The molecule has 0 spiro atoms. The lowest BCUT2D eigenvalue weighted by molar-refractivity contribution is -0.137. The molecule has 0 saturated carbocycles. The Morgan fingerprint density at radius 3 is 2.80 bits per heavy atom. The van der Waals surface area contributed by atoms with Gasteiger partial charge in [0.2, 0.25) is 0 Å². The zero-order valence-electron chi connectivity index (χ0n) is 9.88. The number of carbonyl (C=O) groups excluding carboxylic acids is 1. The smallest absolute Gasteiger partial charge is 0.325 e. The topological polar surface area (TPSA) is 97.1 Å². The van der Waals surface area contributed by atoms with Gasteiger partial charge in [0, 0.05) is 8.95 Å². The lowest BCUT2D eigenvalue weighted by Gasteiger charge is -2.05. The predicted octanol–water partition coefficient (Wildman–Crippen LogP) is 2.14. The summed E-state index contributed by atoms with van der Waals surface area (Å²) in [7, 11) is 0. The molecule has 9 heteroatoms. The molecule has 0 aliphatic heterocycles. The summed E-state index contributed by atoms with van der Waals surface area (Å²) in [4.78, 5) is 22.5. The summed E-state index contributed by atoms with van der Waals surface area (Å²) in [6, 6.07) is 5.33. The molecule has 2 aromatic rings. The Labute approximate surface area is 130 Å². The highest BCUT2D eigenvalue weighted by atomic mass is 79.9. The molecule has 0 bridgehead atoms. The molecule has 7 nitrogen and oxygen atoms in total. The van der Waals surface area contributed by atoms with Crippen LogP contribution < -0.4 is 5.32 Å². The Balaban J connectivity index is 2.13. The SMILES string of the molecule is O=C(O)Cn1cc(C(=O)Nc2cc(Br)ccc2Br)nn1. The fraction of sp³-hybridized carbons (Fsp3) is 0.0909. The summed E-state index contributed by atoms with van der Waals surface area (Å²) < 4.78 is 2.60. The van der Waals surface area contributed by atoms with Gasteiger partial charge in [0.1, 0.15) is 6.54 Å². The monoisotopic (exact) mass is 402 g/mol. The molecule has 0 saturated heterocycles. The van der Waals surface area contributed by atoms with E-state index in [1.165, 1.54) is 6.20 Å². The van der Waals surface area contributed by atoms with Crippen LogP contribution in [-0.2, 0) is 11.3 Å². The molecular weight excluding hydrogens is 396 g/mol. The van der Waals surface area contributed by atoms with Gasteiger partial charge in [0.15, 0.2) is 5.69 Å². The molecule has 0 radical (unpaired) electrons. The van der Waals surface area contributed by atoms with Crippen molar-refractivity contribution in [2.45, 2.75) is 6.54 Å². The molecule has 20 heavy (non-hydrogen) atoms. The van der Waals surface area contributed by atoms with E-state index in [0.717, 1.165) is 9.15 Å². The van der Waals surface area contributed by atoms with Gasteiger partial charge < -0.3 is 10.4 Å². The van der Waals surface area contributed by atoms with Crippen LogP contribution in [0.2, 0.25) is 0 Å². The van der Waals surface area contributed by atoms with Gasteiger partial charge in [0.05, 0.1) is 11.9 Å². The van der Waals surface area contributed by atoms with Crippen molar-refractivity contribution in [2.75, 3.05) is 5.32 Å². The number of hydrogen-bond donors (Lipinski definition) is 2. The van der Waals surface area contributed by atoms with E-state index in [4.69, 9.17) is 5.11 Å². The lowest BCUT2D eigenvalue weighted by Crippen LogP contribution is -2.13.